The summed E-state index contributed by atoms with van der Waals surface area (Å²) in [5.41, 5.74) is 5.22. The van der Waals surface area contributed by atoms with Gasteiger partial charge in [0.25, 0.3) is 0 Å². The molecular weight excluding hydrogens is 391 g/mol. The van der Waals surface area contributed by atoms with Crippen LogP contribution in [-0.4, -0.2) is 22.7 Å². The van der Waals surface area contributed by atoms with E-state index in [1.165, 1.54) is 0 Å². The van der Waals surface area contributed by atoms with Gasteiger partial charge in [0.2, 0.25) is 0 Å². The van der Waals surface area contributed by atoms with Gasteiger partial charge in [0.15, 0.2) is 0 Å². The first kappa shape index (κ1) is 16.8. The monoisotopic (exact) mass is 403 g/mol. The first-order valence-electron chi connectivity index (χ1n) is 8.00. The van der Waals surface area contributed by atoms with Crippen molar-refractivity contribution in [3.05, 3.63) is 77.3 Å². The summed E-state index contributed by atoms with van der Waals surface area (Å²) < 4.78 is 6.00. The Hall–Kier alpha value is -2.70. The van der Waals surface area contributed by atoms with Crippen LogP contribution in [0.2, 0.25) is 0 Å². The molecule has 4 nitrogen and oxygen atoms in total. The van der Waals surface area contributed by atoms with E-state index < -0.39 is 0 Å². The van der Waals surface area contributed by atoms with Crippen molar-refractivity contribution in [2.75, 3.05) is 0 Å². The van der Waals surface area contributed by atoms with Crippen LogP contribution in [0.25, 0.3) is 33.5 Å². The van der Waals surface area contributed by atoms with E-state index in [1.54, 1.807) is 12.1 Å². The number of benzene rings is 3. The van der Waals surface area contributed by atoms with Gasteiger partial charge in [-0.2, -0.15) is 0 Å². The number of hydrogen-bond acceptors (Lipinski definition) is 4. The van der Waals surface area contributed by atoms with Crippen LogP contribution in [0.15, 0.2) is 77.3 Å². The third-order valence-electron chi connectivity index (χ3n) is 4.00. The molecule has 0 aliphatic heterocycles. The number of nitrogens with zero attached hydrogens (tertiary/aromatic N) is 2. The van der Waals surface area contributed by atoms with Gasteiger partial charge in [-0.1, -0.05) is 40.2 Å². The summed E-state index contributed by atoms with van der Waals surface area (Å²) in [5, 5.41) is 8.77. The minimum atomic E-state index is 0.551. The molecule has 26 heavy (non-hydrogen) atoms. The third kappa shape index (κ3) is 3.34. The Bertz CT molecular complexity index is 1050. The third-order valence-corrected chi connectivity index (χ3v) is 4.53. The first-order valence-corrected chi connectivity index (χ1v) is 8.79. The standard InChI is InChI=1S/C20H13BBrN2O2/c22-15-9-5-13(6-10-15)19-20(14-7-11-16(12-8-14)26-21-25)24-18-4-2-1-3-17(18)23-19/h1-12,25H. The molecule has 0 unspecified atom stereocenters. The van der Waals surface area contributed by atoms with Crippen LogP contribution in [0.5, 0.6) is 5.75 Å². The van der Waals surface area contributed by atoms with E-state index in [1.807, 2.05) is 60.7 Å². The van der Waals surface area contributed by atoms with E-state index in [0.29, 0.717) is 13.4 Å². The molecule has 0 aliphatic rings. The minimum absolute atomic E-state index is 0.551. The zero-order valence-corrected chi connectivity index (χ0v) is 15.2. The molecule has 4 rings (SSSR count). The van der Waals surface area contributed by atoms with E-state index in [9.17, 15) is 0 Å². The maximum absolute atomic E-state index is 8.77. The van der Waals surface area contributed by atoms with Gasteiger partial charge in [-0.15, -0.1) is 0 Å². The van der Waals surface area contributed by atoms with Crippen LogP contribution in [0.1, 0.15) is 0 Å². The van der Waals surface area contributed by atoms with Gasteiger partial charge in [0.05, 0.1) is 22.4 Å². The zero-order chi connectivity index (χ0) is 17.9. The van der Waals surface area contributed by atoms with Gasteiger partial charge in [-0.25, -0.2) is 9.97 Å². The zero-order valence-electron chi connectivity index (χ0n) is 13.6. The van der Waals surface area contributed by atoms with Gasteiger partial charge in [-0.3, -0.25) is 0 Å². The fraction of sp³-hybridized carbons (Fsp3) is 0. The Morgan fingerprint density at radius 3 is 1.73 bits per heavy atom. The van der Waals surface area contributed by atoms with Crippen LogP contribution >= 0.6 is 15.9 Å². The lowest BCUT2D eigenvalue weighted by molar-refractivity contribution is 0.454. The summed E-state index contributed by atoms with van der Waals surface area (Å²) in [6.45, 7) is 0. The Labute approximate surface area is 159 Å². The van der Waals surface area contributed by atoms with Gasteiger partial charge in [0, 0.05) is 15.6 Å². The second kappa shape index (κ2) is 7.27. The molecule has 0 fully saturated rings. The first-order chi connectivity index (χ1) is 12.7. The highest BCUT2D eigenvalue weighted by Gasteiger charge is 2.13. The van der Waals surface area contributed by atoms with E-state index >= 15 is 0 Å². The number of fused-ring (bicyclic) bond motifs is 1. The molecule has 0 atom stereocenters. The van der Waals surface area contributed by atoms with Gasteiger partial charge in [-0.05, 0) is 48.5 Å². The molecule has 6 heteroatoms. The average molecular weight is 404 g/mol. The number of hydrogen-bond donors (Lipinski definition) is 1. The van der Waals surface area contributed by atoms with E-state index in [4.69, 9.17) is 19.6 Å². The minimum Gasteiger partial charge on any atom is -0.537 e. The van der Waals surface area contributed by atoms with Crippen molar-refractivity contribution >= 4 is 34.6 Å². The van der Waals surface area contributed by atoms with Crippen LogP contribution in [0.3, 0.4) is 0 Å². The maximum Gasteiger partial charge on any atom is 0.569 e. The summed E-state index contributed by atoms with van der Waals surface area (Å²) in [7, 11) is 0.665. The predicted molar refractivity (Wildman–Crippen MR) is 107 cm³/mol. The Morgan fingerprint density at radius 2 is 1.23 bits per heavy atom. The maximum atomic E-state index is 8.77. The van der Waals surface area contributed by atoms with Crippen molar-refractivity contribution in [3.8, 4) is 28.3 Å². The lowest BCUT2D eigenvalue weighted by Crippen LogP contribution is -1.99. The summed E-state index contributed by atoms with van der Waals surface area (Å²) in [4.78, 5) is 9.70. The van der Waals surface area contributed by atoms with E-state index in [2.05, 4.69) is 15.9 Å². The SMILES string of the molecule is O[B]Oc1ccc(-c2nc3ccccc3nc2-c2ccc(Br)cc2)cc1. The molecular formula is C20H13BBrN2O2. The van der Waals surface area contributed by atoms with Crippen molar-refractivity contribution in [2.45, 2.75) is 0 Å². The fourth-order valence-electron chi connectivity index (χ4n) is 2.76. The Balaban J connectivity index is 1.90. The molecule has 0 aliphatic carbocycles. The molecule has 0 saturated carbocycles. The Morgan fingerprint density at radius 1 is 0.731 bits per heavy atom. The summed E-state index contributed by atoms with van der Waals surface area (Å²) >= 11 is 3.47. The van der Waals surface area contributed by atoms with Gasteiger partial charge >= 0.3 is 7.69 Å². The molecule has 1 N–H and O–H groups in total. The largest absolute Gasteiger partial charge is 0.569 e. The smallest absolute Gasteiger partial charge is 0.537 e. The number of aromatic nitrogens is 2. The second-order valence-corrected chi connectivity index (χ2v) is 6.58. The molecule has 1 heterocycles. The molecule has 3 aromatic carbocycles. The van der Waals surface area contributed by atoms with Crippen molar-refractivity contribution in [1.29, 1.82) is 0 Å². The summed E-state index contributed by atoms with van der Waals surface area (Å²) in [6, 6.07) is 23.2. The summed E-state index contributed by atoms with van der Waals surface area (Å²) in [5.74, 6) is 0.551. The normalized spacial score (nSPS) is 10.7. The second-order valence-electron chi connectivity index (χ2n) is 5.66. The molecule has 0 amide bonds. The van der Waals surface area contributed by atoms with E-state index in [0.717, 1.165) is 38.0 Å². The molecule has 0 bridgehead atoms. The molecule has 4 aromatic rings. The van der Waals surface area contributed by atoms with Crippen LogP contribution < -0.4 is 4.65 Å². The molecule has 0 spiro atoms. The van der Waals surface area contributed by atoms with Crippen LogP contribution in [-0.2, 0) is 0 Å². The van der Waals surface area contributed by atoms with Crippen molar-refractivity contribution in [3.63, 3.8) is 0 Å². The molecule has 0 saturated heterocycles. The van der Waals surface area contributed by atoms with E-state index in [-0.39, 0.29) is 0 Å². The lowest BCUT2D eigenvalue weighted by Gasteiger charge is -2.11. The van der Waals surface area contributed by atoms with Crippen molar-refractivity contribution in [1.82, 2.24) is 9.97 Å². The number of halogens is 1. The average Bonchev–Trinajstić information content (AvgIpc) is 2.68. The van der Waals surface area contributed by atoms with Crippen molar-refractivity contribution < 1.29 is 9.68 Å². The topological polar surface area (TPSA) is 55.2 Å². The quantitative estimate of drug-likeness (QED) is 0.504. The lowest BCUT2D eigenvalue weighted by atomic mass is 10.0. The highest BCUT2D eigenvalue weighted by molar-refractivity contribution is 9.10. The highest BCUT2D eigenvalue weighted by atomic mass is 79.9. The summed E-state index contributed by atoms with van der Waals surface area (Å²) in [6.07, 6.45) is 0. The Kier molecular flexibility index (Phi) is 4.69. The highest BCUT2D eigenvalue weighted by Crippen LogP contribution is 2.32. The van der Waals surface area contributed by atoms with Gasteiger partial charge < -0.3 is 9.68 Å². The van der Waals surface area contributed by atoms with Gasteiger partial charge in [0.1, 0.15) is 5.75 Å². The number of para-hydroxylation sites is 2. The molecule has 1 radical (unpaired) electrons. The fourth-order valence-corrected chi connectivity index (χ4v) is 3.03. The molecule has 125 valence electrons. The molecule has 1 aromatic heterocycles. The predicted octanol–water partition coefficient (Wildman–Crippen LogP) is 4.63. The van der Waals surface area contributed by atoms with Crippen LogP contribution in [0.4, 0.5) is 0 Å². The van der Waals surface area contributed by atoms with Crippen molar-refractivity contribution in [2.24, 2.45) is 0 Å². The number of rotatable bonds is 4. The van der Waals surface area contributed by atoms with Crippen LogP contribution in [0, 0.1) is 0 Å².